The maximum absolute atomic E-state index is 14.5. The summed E-state index contributed by atoms with van der Waals surface area (Å²) >= 11 is 0. The number of carboxylic acid groups (broad SMARTS) is 1. The maximum Gasteiger partial charge on any atom is 0.404 e. The van der Waals surface area contributed by atoms with Crippen molar-refractivity contribution in [2.45, 2.75) is 26.3 Å². The molecule has 27 heavy (non-hydrogen) atoms. The molecule has 0 bridgehead atoms. The molecule has 1 saturated heterocycles. The standard InChI is InChI=1S/C20H23F2N3O2/c1-13-6-8-25(9-7-13)19-17(21)10-16(11-18(19)22)24-15-4-2-14(3-5-15)12-23-20(26)27/h2-5,10-11,13,23-24H,6-9,12H2,1H3,(H,26,27). The van der Waals surface area contributed by atoms with Crippen LogP contribution in [0.5, 0.6) is 0 Å². The normalized spacial score (nSPS) is 14.9. The number of nitrogens with zero attached hydrogens (tertiary/aromatic N) is 1. The lowest BCUT2D eigenvalue weighted by Gasteiger charge is -2.32. The summed E-state index contributed by atoms with van der Waals surface area (Å²) in [5, 5.41) is 13.9. The van der Waals surface area contributed by atoms with Crippen LogP contribution >= 0.6 is 0 Å². The zero-order chi connectivity index (χ0) is 19.4. The summed E-state index contributed by atoms with van der Waals surface area (Å²) in [5.41, 5.74) is 1.82. The molecule has 3 N–H and O–H groups in total. The lowest BCUT2D eigenvalue weighted by molar-refractivity contribution is 0.194. The second-order valence-corrected chi connectivity index (χ2v) is 6.94. The third kappa shape index (κ3) is 4.87. The molecule has 0 radical (unpaired) electrons. The van der Waals surface area contributed by atoms with Gasteiger partial charge in [-0.2, -0.15) is 0 Å². The van der Waals surface area contributed by atoms with Gasteiger partial charge in [0.25, 0.3) is 0 Å². The highest BCUT2D eigenvalue weighted by Gasteiger charge is 2.22. The van der Waals surface area contributed by atoms with E-state index in [-0.39, 0.29) is 12.2 Å². The van der Waals surface area contributed by atoms with Crippen LogP contribution in [-0.2, 0) is 6.54 Å². The van der Waals surface area contributed by atoms with Gasteiger partial charge in [-0.25, -0.2) is 13.6 Å². The zero-order valence-electron chi connectivity index (χ0n) is 15.1. The number of benzene rings is 2. The molecule has 5 nitrogen and oxygen atoms in total. The minimum atomic E-state index is -1.09. The average Bonchev–Trinajstić information content (AvgIpc) is 2.62. The Morgan fingerprint density at radius 1 is 1.11 bits per heavy atom. The quantitative estimate of drug-likeness (QED) is 0.708. The highest BCUT2D eigenvalue weighted by molar-refractivity contribution is 5.65. The molecule has 0 spiro atoms. The predicted molar refractivity (Wildman–Crippen MR) is 102 cm³/mol. The van der Waals surface area contributed by atoms with E-state index >= 15 is 0 Å². The first kappa shape index (κ1) is 18.9. The van der Waals surface area contributed by atoms with Crippen LogP contribution in [0.4, 0.5) is 30.6 Å². The van der Waals surface area contributed by atoms with E-state index in [0.717, 1.165) is 18.4 Å². The number of amides is 1. The van der Waals surface area contributed by atoms with Crippen molar-refractivity contribution in [3.63, 3.8) is 0 Å². The van der Waals surface area contributed by atoms with Gasteiger partial charge in [-0.15, -0.1) is 0 Å². The van der Waals surface area contributed by atoms with E-state index < -0.39 is 17.7 Å². The fourth-order valence-electron chi connectivity index (χ4n) is 3.22. The van der Waals surface area contributed by atoms with E-state index in [1.165, 1.54) is 12.1 Å². The van der Waals surface area contributed by atoms with Gasteiger partial charge in [0, 0.05) is 31.0 Å². The molecule has 1 fully saturated rings. The van der Waals surface area contributed by atoms with E-state index in [1.807, 2.05) is 0 Å². The topological polar surface area (TPSA) is 64.6 Å². The van der Waals surface area contributed by atoms with Crippen LogP contribution in [0.15, 0.2) is 36.4 Å². The fraction of sp³-hybridized carbons (Fsp3) is 0.350. The number of anilines is 3. The maximum atomic E-state index is 14.5. The summed E-state index contributed by atoms with van der Waals surface area (Å²) in [5.74, 6) is -0.564. The number of hydrogen-bond acceptors (Lipinski definition) is 3. The molecular weight excluding hydrogens is 352 g/mol. The van der Waals surface area contributed by atoms with Gasteiger partial charge in [-0.05, 0) is 48.6 Å². The Hall–Kier alpha value is -2.83. The van der Waals surface area contributed by atoms with E-state index in [0.29, 0.717) is 30.4 Å². The van der Waals surface area contributed by atoms with Crippen molar-refractivity contribution in [1.82, 2.24) is 5.32 Å². The number of halogens is 2. The van der Waals surface area contributed by atoms with Gasteiger partial charge in [0.05, 0.1) is 0 Å². The molecule has 3 rings (SSSR count). The third-order valence-corrected chi connectivity index (χ3v) is 4.80. The molecule has 0 unspecified atom stereocenters. The van der Waals surface area contributed by atoms with Crippen molar-refractivity contribution in [3.05, 3.63) is 53.6 Å². The number of carbonyl (C=O) groups is 1. The molecule has 144 valence electrons. The zero-order valence-corrected chi connectivity index (χ0v) is 15.1. The van der Waals surface area contributed by atoms with Gasteiger partial charge in [0.15, 0.2) is 11.6 Å². The minimum Gasteiger partial charge on any atom is -0.465 e. The van der Waals surface area contributed by atoms with Gasteiger partial charge < -0.3 is 20.6 Å². The Labute approximate surface area is 157 Å². The molecule has 0 atom stereocenters. The second kappa shape index (κ2) is 8.24. The first-order valence-electron chi connectivity index (χ1n) is 8.99. The monoisotopic (exact) mass is 375 g/mol. The molecule has 0 aliphatic carbocycles. The highest BCUT2D eigenvalue weighted by atomic mass is 19.1. The second-order valence-electron chi connectivity index (χ2n) is 6.94. The number of piperidine rings is 1. The first-order valence-corrected chi connectivity index (χ1v) is 8.99. The van der Waals surface area contributed by atoms with Gasteiger partial charge in [0.2, 0.25) is 0 Å². The van der Waals surface area contributed by atoms with Gasteiger partial charge >= 0.3 is 6.09 Å². The number of hydrogen-bond donors (Lipinski definition) is 3. The van der Waals surface area contributed by atoms with Gasteiger partial charge in [-0.1, -0.05) is 19.1 Å². The first-order chi connectivity index (χ1) is 12.9. The molecule has 2 aromatic rings. The van der Waals surface area contributed by atoms with Crippen LogP contribution in [0, 0.1) is 17.6 Å². The summed E-state index contributed by atoms with van der Waals surface area (Å²) in [6.45, 7) is 3.67. The van der Waals surface area contributed by atoms with Crippen molar-refractivity contribution in [2.75, 3.05) is 23.3 Å². The van der Waals surface area contributed by atoms with E-state index in [2.05, 4.69) is 17.6 Å². The Bertz CT molecular complexity index is 780. The summed E-state index contributed by atoms with van der Waals surface area (Å²) in [6, 6.07) is 9.55. The Kier molecular flexibility index (Phi) is 5.78. The lowest BCUT2D eigenvalue weighted by atomic mass is 9.98. The van der Waals surface area contributed by atoms with Crippen molar-refractivity contribution < 1.29 is 18.7 Å². The van der Waals surface area contributed by atoms with E-state index in [9.17, 15) is 13.6 Å². The smallest absolute Gasteiger partial charge is 0.404 e. The fourth-order valence-corrected chi connectivity index (χ4v) is 3.22. The summed E-state index contributed by atoms with van der Waals surface area (Å²) < 4.78 is 29.1. The number of rotatable bonds is 5. The Morgan fingerprint density at radius 3 is 2.26 bits per heavy atom. The van der Waals surface area contributed by atoms with Crippen molar-refractivity contribution >= 4 is 23.2 Å². The molecule has 7 heteroatoms. The van der Waals surface area contributed by atoms with E-state index in [1.54, 1.807) is 29.2 Å². The van der Waals surface area contributed by atoms with Crippen LogP contribution in [0.2, 0.25) is 0 Å². The molecule has 2 aromatic carbocycles. The van der Waals surface area contributed by atoms with Crippen molar-refractivity contribution in [1.29, 1.82) is 0 Å². The summed E-state index contributed by atoms with van der Waals surface area (Å²) in [7, 11) is 0. The van der Waals surface area contributed by atoms with Gasteiger partial charge in [-0.3, -0.25) is 0 Å². The summed E-state index contributed by atoms with van der Waals surface area (Å²) in [4.78, 5) is 12.3. The average molecular weight is 375 g/mol. The Balaban J connectivity index is 1.70. The third-order valence-electron chi connectivity index (χ3n) is 4.80. The molecule has 1 aliphatic rings. The molecule has 1 aliphatic heterocycles. The van der Waals surface area contributed by atoms with Crippen LogP contribution in [0.25, 0.3) is 0 Å². The van der Waals surface area contributed by atoms with Crippen LogP contribution < -0.4 is 15.5 Å². The molecule has 0 saturated carbocycles. The van der Waals surface area contributed by atoms with Crippen LogP contribution in [0.1, 0.15) is 25.3 Å². The Morgan fingerprint density at radius 2 is 1.70 bits per heavy atom. The molecular formula is C20H23F2N3O2. The molecule has 1 amide bonds. The van der Waals surface area contributed by atoms with Gasteiger partial charge in [0.1, 0.15) is 5.69 Å². The highest BCUT2D eigenvalue weighted by Crippen LogP contribution is 2.31. The van der Waals surface area contributed by atoms with Crippen molar-refractivity contribution in [2.24, 2.45) is 5.92 Å². The number of nitrogens with one attached hydrogen (secondary N) is 2. The molecule has 0 aromatic heterocycles. The SMILES string of the molecule is CC1CCN(c2c(F)cc(Nc3ccc(CNC(=O)O)cc3)cc2F)CC1. The molecule has 1 heterocycles. The lowest BCUT2D eigenvalue weighted by Crippen LogP contribution is -2.34. The van der Waals surface area contributed by atoms with Crippen LogP contribution in [-0.4, -0.2) is 24.3 Å². The van der Waals surface area contributed by atoms with E-state index in [4.69, 9.17) is 5.11 Å². The van der Waals surface area contributed by atoms with Crippen LogP contribution in [0.3, 0.4) is 0 Å². The summed E-state index contributed by atoms with van der Waals surface area (Å²) in [6.07, 6.45) is 0.774. The van der Waals surface area contributed by atoms with Crippen molar-refractivity contribution in [3.8, 4) is 0 Å². The minimum absolute atomic E-state index is 0.0440. The largest absolute Gasteiger partial charge is 0.465 e. The predicted octanol–water partition coefficient (Wildman–Crippen LogP) is 4.71.